The largest absolute Gasteiger partial charge is 0.354 e. The summed E-state index contributed by atoms with van der Waals surface area (Å²) in [6.07, 6.45) is 0.718. The molecule has 2 aromatic rings. The molecule has 0 aromatic heterocycles. The lowest BCUT2D eigenvalue weighted by molar-refractivity contribution is -0.125. The van der Waals surface area contributed by atoms with E-state index < -0.39 is 6.04 Å². The number of halogens is 1. The summed E-state index contributed by atoms with van der Waals surface area (Å²) >= 11 is 5.89. The molecule has 4 nitrogen and oxygen atoms in total. The molecule has 1 aliphatic rings. The van der Waals surface area contributed by atoms with Crippen LogP contribution in [0.1, 0.15) is 41.4 Å². The van der Waals surface area contributed by atoms with Crippen molar-refractivity contribution in [3.8, 4) is 0 Å². The van der Waals surface area contributed by atoms with Gasteiger partial charge in [-0.1, -0.05) is 55.8 Å². The minimum atomic E-state index is -0.550. The van der Waals surface area contributed by atoms with Crippen LogP contribution in [0, 0.1) is 5.92 Å². The topological polar surface area (TPSA) is 49.4 Å². The SMILES string of the molecule is CC(C)CN1C(=O)c2ccccc2C1C(=O)NCCc1ccc(Cl)cc1. The van der Waals surface area contributed by atoms with E-state index in [9.17, 15) is 9.59 Å². The van der Waals surface area contributed by atoms with Crippen LogP contribution in [-0.4, -0.2) is 29.8 Å². The van der Waals surface area contributed by atoms with Gasteiger partial charge in [0.2, 0.25) is 5.91 Å². The van der Waals surface area contributed by atoms with E-state index in [0.717, 1.165) is 17.5 Å². The molecule has 3 rings (SSSR count). The van der Waals surface area contributed by atoms with Crippen molar-refractivity contribution in [1.29, 1.82) is 0 Å². The molecular weight excluding hydrogens is 348 g/mol. The summed E-state index contributed by atoms with van der Waals surface area (Å²) in [4.78, 5) is 27.3. The highest BCUT2D eigenvalue weighted by molar-refractivity contribution is 6.30. The number of fused-ring (bicyclic) bond motifs is 1. The van der Waals surface area contributed by atoms with E-state index in [1.54, 1.807) is 11.0 Å². The van der Waals surface area contributed by atoms with Gasteiger partial charge in [0.05, 0.1) is 0 Å². The molecule has 0 fully saturated rings. The average Bonchev–Trinajstić information content (AvgIpc) is 2.89. The Balaban J connectivity index is 1.71. The highest BCUT2D eigenvalue weighted by Crippen LogP contribution is 2.34. The third-order valence-corrected chi connectivity index (χ3v) is 4.75. The van der Waals surface area contributed by atoms with E-state index in [4.69, 9.17) is 11.6 Å². The molecule has 0 aliphatic carbocycles. The second kappa shape index (κ2) is 7.92. The minimum absolute atomic E-state index is 0.0628. The van der Waals surface area contributed by atoms with Crippen LogP contribution in [0.5, 0.6) is 0 Å². The lowest BCUT2D eigenvalue weighted by Gasteiger charge is -2.26. The van der Waals surface area contributed by atoms with Gasteiger partial charge in [0, 0.05) is 23.7 Å². The molecule has 5 heteroatoms. The second-order valence-corrected chi connectivity index (χ2v) is 7.45. The van der Waals surface area contributed by atoms with Crippen molar-refractivity contribution in [3.05, 3.63) is 70.2 Å². The summed E-state index contributed by atoms with van der Waals surface area (Å²) in [6, 6.07) is 14.4. The Kier molecular flexibility index (Phi) is 5.62. The molecule has 0 saturated carbocycles. The first-order valence-electron chi connectivity index (χ1n) is 8.89. The molecule has 1 atom stereocenters. The van der Waals surface area contributed by atoms with E-state index in [1.165, 1.54) is 0 Å². The summed E-state index contributed by atoms with van der Waals surface area (Å²) in [5.74, 6) is 0.0997. The Morgan fingerprint density at radius 2 is 1.85 bits per heavy atom. The van der Waals surface area contributed by atoms with Crippen molar-refractivity contribution in [2.75, 3.05) is 13.1 Å². The van der Waals surface area contributed by atoms with Gasteiger partial charge >= 0.3 is 0 Å². The highest BCUT2D eigenvalue weighted by atomic mass is 35.5. The molecule has 1 N–H and O–H groups in total. The highest BCUT2D eigenvalue weighted by Gasteiger charge is 2.40. The van der Waals surface area contributed by atoms with Crippen molar-refractivity contribution in [3.63, 3.8) is 0 Å². The monoisotopic (exact) mass is 370 g/mol. The lowest BCUT2D eigenvalue weighted by Crippen LogP contribution is -2.41. The fraction of sp³-hybridized carbons (Fsp3) is 0.333. The number of nitrogens with one attached hydrogen (secondary N) is 1. The fourth-order valence-electron chi connectivity index (χ4n) is 3.31. The number of rotatable bonds is 6. The van der Waals surface area contributed by atoms with Crippen LogP contribution in [0.15, 0.2) is 48.5 Å². The average molecular weight is 371 g/mol. The predicted octanol–water partition coefficient (Wildman–Crippen LogP) is 3.85. The van der Waals surface area contributed by atoms with Crippen LogP contribution < -0.4 is 5.32 Å². The Bertz CT molecular complexity index is 802. The van der Waals surface area contributed by atoms with Gasteiger partial charge in [0.1, 0.15) is 6.04 Å². The van der Waals surface area contributed by atoms with Crippen LogP contribution in [-0.2, 0) is 11.2 Å². The summed E-state index contributed by atoms with van der Waals surface area (Å²) in [7, 11) is 0. The quantitative estimate of drug-likeness (QED) is 0.839. The second-order valence-electron chi connectivity index (χ2n) is 7.01. The van der Waals surface area contributed by atoms with E-state index in [2.05, 4.69) is 5.32 Å². The molecule has 1 unspecified atom stereocenters. The van der Waals surface area contributed by atoms with Gasteiger partial charge in [-0.05, 0) is 41.7 Å². The van der Waals surface area contributed by atoms with Gasteiger partial charge in [0.15, 0.2) is 0 Å². The lowest BCUT2D eigenvalue weighted by atomic mass is 10.0. The van der Waals surface area contributed by atoms with Crippen molar-refractivity contribution in [2.45, 2.75) is 26.3 Å². The zero-order valence-corrected chi connectivity index (χ0v) is 15.8. The smallest absolute Gasteiger partial charge is 0.255 e. The van der Waals surface area contributed by atoms with Crippen LogP contribution in [0.4, 0.5) is 0 Å². The van der Waals surface area contributed by atoms with Crippen LogP contribution in [0.2, 0.25) is 5.02 Å². The Morgan fingerprint density at radius 3 is 2.54 bits per heavy atom. The first-order chi connectivity index (χ1) is 12.5. The molecular formula is C21H23ClN2O2. The number of carbonyl (C=O) groups excluding carboxylic acids is 2. The molecule has 136 valence electrons. The van der Waals surface area contributed by atoms with Gasteiger partial charge in [-0.3, -0.25) is 9.59 Å². The molecule has 0 bridgehead atoms. The first-order valence-corrected chi connectivity index (χ1v) is 9.27. The maximum Gasteiger partial charge on any atom is 0.255 e. The third-order valence-electron chi connectivity index (χ3n) is 4.49. The van der Waals surface area contributed by atoms with E-state index in [1.807, 2.05) is 56.3 Å². The van der Waals surface area contributed by atoms with Gasteiger partial charge in [-0.2, -0.15) is 0 Å². The molecule has 2 aromatic carbocycles. The molecule has 0 radical (unpaired) electrons. The molecule has 1 heterocycles. The number of carbonyl (C=O) groups is 2. The molecule has 1 aliphatic heterocycles. The molecule has 0 saturated heterocycles. The van der Waals surface area contributed by atoms with Gasteiger partial charge in [0.25, 0.3) is 5.91 Å². The van der Waals surface area contributed by atoms with Crippen molar-refractivity contribution in [1.82, 2.24) is 10.2 Å². The van der Waals surface area contributed by atoms with E-state index in [-0.39, 0.29) is 17.7 Å². The number of amides is 2. The maximum atomic E-state index is 12.9. The molecule has 0 spiro atoms. The standard InChI is InChI=1S/C21H23ClN2O2/c1-14(2)13-24-19(17-5-3-4-6-18(17)21(24)26)20(25)23-12-11-15-7-9-16(22)10-8-15/h3-10,14,19H,11-13H2,1-2H3,(H,23,25). The van der Waals surface area contributed by atoms with Crippen LogP contribution in [0.25, 0.3) is 0 Å². The molecule has 26 heavy (non-hydrogen) atoms. The van der Waals surface area contributed by atoms with Crippen LogP contribution >= 0.6 is 11.6 Å². The Labute approximate surface area is 159 Å². The molecule has 2 amide bonds. The zero-order chi connectivity index (χ0) is 18.7. The number of hydrogen-bond donors (Lipinski definition) is 1. The fourth-order valence-corrected chi connectivity index (χ4v) is 3.44. The minimum Gasteiger partial charge on any atom is -0.354 e. The van der Waals surface area contributed by atoms with Gasteiger partial charge in [-0.25, -0.2) is 0 Å². The van der Waals surface area contributed by atoms with Crippen molar-refractivity contribution in [2.24, 2.45) is 5.92 Å². The Morgan fingerprint density at radius 1 is 1.15 bits per heavy atom. The van der Waals surface area contributed by atoms with E-state index in [0.29, 0.717) is 23.7 Å². The third kappa shape index (κ3) is 3.91. The van der Waals surface area contributed by atoms with Gasteiger partial charge in [-0.15, -0.1) is 0 Å². The first kappa shape index (κ1) is 18.5. The van der Waals surface area contributed by atoms with Crippen molar-refractivity contribution >= 4 is 23.4 Å². The van der Waals surface area contributed by atoms with E-state index >= 15 is 0 Å². The summed E-state index contributed by atoms with van der Waals surface area (Å²) in [6.45, 7) is 5.17. The Hall–Kier alpha value is -2.33. The number of hydrogen-bond acceptors (Lipinski definition) is 2. The summed E-state index contributed by atoms with van der Waals surface area (Å²) < 4.78 is 0. The maximum absolute atomic E-state index is 12.9. The predicted molar refractivity (Wildman–Crippen MR) is 103 cm³/mol. The van der Waals surface area contributed by atoms with Crippen LogP contribution in [0.3, 0.4) is 0 Å². The summed E-state index contributed by atoms with van der Waals surface area (Å²) in [5, 5.41) is 3.68. The normalized spacial score (nSPS) is 16.1. The number of nitrogens with zero attached hydrogens (tertiary/aromatic N) is 1. The van der Waals surface area contributed by atoms with Gasteiger partial charge < -0.3 is 10.2 Å². The number of benzene rings is 2. The van der Waals surface area contributed by atoms with Crippen molar-refractivity contribution < 1.29 is 9.59 Å². The summed E-state index contributed by atoms with van der Waals surface area (Å²) in [5.41, 5.74) is 2.53. The zero-order valence-electron chi connectivity index (χ0n) is 15.0.